The van der Waals surface area contributed by atoms with Crippen LogP contribution in [-0.4, -0.2) is 306 Å². The summed E-state index contributed by atoms with van der Waals surface area (Å²) in [4.78, 5) is 250. The van der Waals surface area contributed by atoms with Gasteiger partial charge in [0.05, 0.1) is 49.8 Å². The number of aromatic amines is 1. The summed E-state index contributed by atoms with van der Waals surface area (Å²) in [5.74, 6) is -17.0. The first-order valence-corrected chi connectivity index (χ1v) is 38.8. The van der Waals surface area contributed by atoms with Crippen molar-refractivity contribution in [2.45, 2.75) is 184 Å². The number of H-pyrrole nitrogens is 1. The summed E-state index contributed by atoms with van der Waals surface area (Å²) < 4.78 is 0. The Hall–Kier alpha value is -11.9. The van der Waals surface area contributed by atoms with Gasteiger partial charge < -0.3 is 108 Å². The quantitative estimate of drug-likeness (QED) is 0.0531. The lowest BCUT2D eigenvalue weighted by atomic mass is 9.99. The minimum Gasteiger partial charge on any atom is -0.508 e. The van der Waals surface area contributed by atoms with Crippen LogP contribution in [0.25, 0.3) is 0 Å². The fraction of sp³-hybridized carbons (Fsp3) is 0.506. The molecule has 15 atom stereocenters. The summed E-state index contributed by atoms with van der Waals surface area (Å²) in [6.45, 7) is 7.71. The Morgan fingerprint density at radius 3 is 1.69 bits per heavy atom. The van der Waals surface area contributed by atoms with Gasteiger partial charge in [-0.3, -0.25) is 76.7 Å². The first kappa shape index (κ1) is 93.0. The number of nitrogens with one attached hydrogen (secondary N) is 11. The van der Waals surface area contributed by atoms with Crippen LogP contribution in [0.15, 0.2) is 97.5 Å². The number of fused-ring (bicyclic) bond motifs is 1. The van der Waals surface area contributed by atoms with Crippen molar-refractivity contribution in [2.75, 3.05) is 59.3 Å². The number of carbonyl (C=O) groups is 17. The lowest BCUT2D eigenvalue weighted by molar-refractivity contribution is -0.150. The van der Waals surface area contributed by atoms with Gasteiger partial charge in [-0.15, -0.1) is 11.8 Å². The molecule has 3 unspecified atom stereocenters. The van der Waals surface area contributed by atoms with Crippen LogP contribution >= 0.6 is 11.8 Å². The number of phenols is 1. The van der Waals surface area contributed by atoms with Crippen LogP contribution in [0.5, 0.6) is 5.75 Å². The molecule has 15 N–H and O–H groups in total. The van der Waals surface area contributed by atoms with E-state index in [9.17, 15) is 97.1 Å². The number of phenolic OH excluding ortho intramolecular Hbond substituents is 1. The van der Waals surface area contributed by atoms with Crippen molar-refractivity contribution >= 4 is 113 Å². The summed E-state index contributed by atoms with van der Waals surface area (Å²) in [7, 11) is 4.79. The average molecular weight is 1640 g/mol. The second kappa shape index (κ2) is 44.1. The molecule has 0 spiro atoms. The molecule has 38 nitrogen and oxygen atoms in total. The molecule has 2 aliphatic rings. The Morgan fingerprint density at radius 1 is 0.560 bits per heavy atom. The molecular weight excluding hydrogens is 1530 g/mol. The van der Waals surface area contributed by atoms with Crippen molar-refractivity contribution in [3.05, 3.63) is 120 Å². The first-order valence-electron chi connectivity index (χ1n) is 37.6. The second-order valence-electron chi connectivity index (χ2n) is 29.0. The van der Waals surface area contributed by atoms with E-state index < -0.39 is 217 Å². The third-order valence-electron chi connectivity index (χ3n) is 19.6. The molecule has 0 aliphatic carbocycles. The molecule has 0 bridgehead atoms. The van der Waals surface area contributed by atoms with Crippen LogP contribution in [0.4, 0.5) is 0 Å². The van der Waals surface area contributed by atoms with Gasteiger partial charge in [-0.05, 0) is 68.9 Å². The highest BCUT2D eigenvalue weighted by Gasteiger charge is 2.45. The van der Waals surface area contributed by atoms with Gasteiger partial charge in [0.15, 0.2) is 0 Å². The highest BCUT2D eigenvalue weighted by molar-refractivity contribution is 8.00. The number of hydrogen-bond acceptors (Lipinski definition) is 22. The zero-order valence-corrected chi connectivity index (χ0v) is 67.2. The Kier molecular flexibility index (Phi) is 35.4. The van der Waals surface area contributed by atoms with Crippen molar-refractivity contribution < 1.29 is 102 Å². The molecule has 630 valence electrons. The summed E-state index contributed by atoms with van der Waals surface area (Å²) in [5.41, 5.74) is 1.73. The normalized spacial score (nSPS) is 26.3. The summed E-state index contributed by atoms with van der Waals surface area (Å²) in [5, 5.41) is 67.0. The van der Waals surface area contributed by atoms with Gasteiger partial charge in [0.2, 0.25) is 88.6 Å². The molecule has 3 heterocycles. The Morgan fingerprint density at radius 2 is 1.12 bits per heavy atom. The number of aliphatic hydroxyl groups excluding tert-OH is 2. The van der Waals surface area contributed by atoms with Crippen molar-refractivity contribution in [3.8, 4) is 5.75 Å². The first-order chi connectivity index (χ1) is 54.8. The number of aromatic nitrogens is 2. The number of carbonyl (C=O) groups excluding carboxylic acids is 16. The number of benzene rings is 3. The van der Waals surface area contributed by atoms with Crippen LogP contribution < -0.4 is 53.2 Å². The molecule has 1 aromatic heterocycles. The highest BCUT2D eigenvalue weighted by atomic mass is 32.2. The van der Waals surface area contributed by atoms with Gasteiger partial charge >= 0.3 is 5.97 Å². The fourth-order valence-electron chi connectivity index (χ4n) is 12.7. The number of carboxylic acids is 1. The van der Waals surface area contributed by atoms with Crippen LogP contribution in [0.2, 0.25) is 0 Å². The van der Waals surface area contributed by atoms with E-state index in [-0.39, 0.29) is 56.6 Å². The van der Waals surface area contributed by atoms with E-state index in [1.54, 1.807) is 81.4 Å². The molecule has 4 aromatic rings. The number of thioether (sulfide) groups is 1. The number of amides is 15. The summed E-state index contributed by atoms with van der Waals surface area (Å²) in [6.07, 6.45) is -2.34. The van der Waals surface area contributed by atoms with E-state index in [1.807, 2.05) is 0 Å². The minimum absolute atomic E-state index is 0.103. The van der Waals surface area contributed by atoms with E-state index in [1.165, 1.54) is 78.7 Å². The zero-order valence-electron chi connectivity index (χ0n) is 66.4. The van der Waals surface area contributed by atoms with Crippen LogP contribution in [0, 0.1) is 5.92 Å². The van der Waals surface area contributed by atoms with Gasteiger partial charge in [-0.25, -0.2) is 4.98 Å². The molecule has 15 amide bonds. The topological polar surface area (TPSA) is 536 Å². The maximum atomic E-state index is 15.3. The highest BCUT2D eigenvalue weighted by Crippen LogP contribution is 2.24. The SMILES string of the molecule is CC[C@@H]1NC(=O)[C@H](Cc2ccc(O)cc2)NC(=O)[C@H](Cc2cnc[nH]2)NC(=O)[C@H](C)N(C)C(=O)[C@H](C)NC(=O)[C@H](Cc2ccccc2)N(C)C(=O)[C@H](Cc2ccccc2)N(C)C(=O)[C@H](CC(=O)O)NC(=O)CN(C)C(=O)C([C@@H](C)O)NC(=O)CNC(=O)CSC[C@@H](C=O)NC(=O)[C@H](C)NC(=O)[C@@H]2CC(O)CN2C(=O)C(C(C)C)NC1=O. The predicted molar refractivity (Wildman–Crippen MR) is 418 cm³/mol. The minimum atomic E-state index is -1.93. The number of aldehydes is 1. The van der Waals surface area contributed by atoms with Gasteiger partial charge in [0.25, 0.3) is 0 Å². The molecule has 2 fully saturated rings. The average Bonchev–Trinajstić information content (AvgIpc) is 1.15. The number of rotatable bonds is 14. The third kappa shape index (κ3) is 27.2. The number of nitrogens with zero attached hydrogens (tertiary/aromatic N) is 6. The molecule has 2 saturated heterocycles. The van der Waals surface area contributed by atoms with Gasteiger partial charge in [-0.2, -0.15) is 0 Å². The van der Waals surface area contributed by atoms with Crippen molar-refractivity contribution in [2.24, 2.45) is 5.92 Å². The lowest BCUT2D eigenvalue weighted by Gasteiger charge is -2.36. The van der Waals surface area contributed by atoms with E-state index in [2.05, 4.69) is 63.1 Å². The van der Waals surface area contributed by atoms with Crippen LogP contribution in [0.3, 0.4) is 0 Å². The van der Waals surface area contributed by atoms with E-state index >= 15 is 4.79 Å². The molecule has 0 saturated carbocycles. The summed E-state index contributed by atoms with van der Waals surface area (Å²) >= 11 is 0.841. The summed E-state index contributed by atoms with van der Waals surface area (Å²) in [6, 6.07) is 2.70. The number of hydrogen-bond donors (Lipinski definition) is 15. The van der Waals surface area contributed by atoms with Crippen molar-refractivity contribution in [1.82, 2.24) is 87.6 Å². The molecule has 3 aromatic carbocycles. The van der Waals surface area contributed by atoms with Gasteiger partial charge in [0.1, 0.15) is 84.5 Å². The molecular formula is C77H105N17O21S. The standard InChI is InChI=1S/C77H105N17O21S/c1-12-53-68(106)89-64(41(2)3)77(115)94-35-52(98)31-58(94)72(110)81-42(4)66(104)83-50(37-95)38-116-39-62(101)79-34-60(99)88-65(45(7)96)76(114)90(8)36-61(100)84-56(32-63(102)103)74(112)93(11)59(29-47-21-17-14-18-22-47)75(113)92(10)57(28-46-19-15-13-16-20-46)71(109)82-43(5)73(111)91(9)44(6)67(105)86-55(30-49-33-78-40-80-49)70(108)87-54(69(107)85-53)27-48-23-25-51(97)26-24-48/h13-26,33,37,40-45,50,52-59,64-65,96-98H,12,27-32,34-36,38-39H2,1-11H3,(H,78,80)(H,79,101)(H,81,110)(H,82,109)(H,83,104)(H,84,100)(H,85,107)(H,86,105)(H,87,108)(H,88,99)(H,89,106)(H,102,103)/t42-,43-,44-,45+,50+,52?,53-,54-,55-,56-,57-,58-,59-,64?,65?/m0/s1. The number of carboxylic acid groups (broad SMARTS) is 1. The zero-order chi connectivity index (χ0) is 85.9. The smallest absolute Gasteiger partial charge is 0.305 e. The maximum absolute atomic E-state index is 15.3. The monoisotopic (exact) mass is 1640 g/mol. The molecule has 39 heteroatoms. The van der Waals surface area contributed by atoms with Gasteiger partial charge in [-0.1, -0.05) is 93.6 Å². The molecule has 6 rings (SSSR count). The Bertz CT molecular complexity index is 4140. The number of aliphatic hydroxyl groups is 2. The number of likely N-dealkylation sites (N-methyl/N-ethyl adjacent to an activating group) is 4. The Labute approximate surface area is 674 Å². The van der Waals surface area contributed by atoms with Crippen LogP contribution in [-0.2, 0) is 107 Å². The van der Waals surface area contributed by atoms with E-state index in [0.29, 0.717) is 28.7 Å². The number of aromatic hydroxyl groups is 1. The second-order valence-corrected chi connectivity index (χ2v) is 30.0. The van der Waals surface area contributed by atoms with Crippen molar-refractivity contribution in [1.29, 1.82) is 0 Å². The number of imidazole rings is 1. The molecule has 2 aliphatic heterocycles. The maximum Gasteiger partial charge on any atom is 0.305 e. The largest absolute Gasteiger partial charge is 0.508 e. The predicted octanol–water partition coefficient (Wildman–Crippen LogP) is -4.31. The van der Waals surface area contributed by atoms with Crippen LogP contribution in [0.1, 0.15) is 90.1 Å². The number of aliphatic carboxylic acids is 1. The Balaban J connectivity index is 1.34. The van der Waals surface area contributed by atoms with Crippen molar-refractivity contribution in [3.63, 3.8) is 0 Å². The third-order valence-corrected chi connectivity index (χ3v) is 20.7. The molecule has 116 heavy (non-hydrogen) atoms. The van der Waals surface area contributed by atoms with E-state index in [0.717, 1.165) is 50.2 Å². The van der Waals surface area contributed by atoms with Gasteiger partial charge in [0, 0.05) is 84.5 Å². The fourth-order valence-corrected chi connectivity index (χ4v) is 13.5. The molecule has 0 radical (unpaired) electrons. The van der Waals surface area contributed by atoms with E-state index in [4.69, 9.17) is 0 Å². The lowest BCUT2D eigenvalue weighted by Crippen LogP contribution is -2.61.